The topological polar surface area (TPSA) is 154 Å². The summed E-state index contributed by atoms with van der Waals surface area (Å²) in [5, 5.41) is 18.5. The van der Waals surface area contributed by atoms with E-state index in [2.05, 4.69) is 5.32 Å². The second-order valence-electron chi connectivity index (χ2n) is 6.14. The zero-order chi connectivity index (χ0) is 19.0. The van der Waals surface area contributed by atoms with Crippen molar-refractivity contribution in [2.24, 2.45) is 17.6 Å². The summed E-state index contributed by atoms with van der Waals surface area (Å²) in [7, 11) is -4.02. The Hall–Kier alpha value is -2.13. The Morgan fingerprint density at radius 2 is 1.76 bits per heavy atom. The van der Waals surface area contributed by atoms with E-state index in [1.165, 1.54) is 12.1 Å². The van der Waals surface area contributed by atoms with Crippen LogP contribution in [-0.2, 0) is 14.9 Å². The molecule has 1 saturated carbocycles. The number of aliphatic carboxylic acids is 1. The lowest BCUT2D eigenvalue weighted by Gasteiger charge is -2.26. The molecular weight excluding hydrogens is 346 g/mol. The second-order valence-corrected chi connectivity index (χ2v) is 7.56. The highest BCUT2D eigenvalue weighted by Gasteiger charge is 2.25. The number of carboxylic acid groups (broad SMARTS) is 1. The fraction of sp³-hybridized carbons (Fsp3) is 0.500. The van der Waals surface area contributed by atoms with Gasteiger partial charge in [-0.05, 0) is 50.7 Å². The minimum absolute atomic E-state index is 0.00893. The SMILES string of the molecule is Cc1ccc(S(=O)(=O)O)cc1.N=C(N)NC[C@H]1CC[C@H](C(=O)O)CC1. The van der Waals surface area contributed by atoms with Crippen LogP contribution < -0.4 is 11.1 Å². The van der Waals surface area contributed by atoms with Crippen LogP contribution in [-0.4, -0.2) is 36.6 Å². The lowest BCUT2D eigenvalue weighted by molar-refractivity contribution is -0.143. The highest BCUT2D eigenvalue weighted by atomic mass is 32.2. The first kappa shape index (κ1) is 20.9. The van der Waals surface area contributed by atoms with Gasteiger partial charge in [0, 0.05) is 6.54 Å². The summed E-state index contributed by atoms with van der Waals surface area (Å²) >= 11 is 0. The van der Waals surface area contributed by atoms with Gasteiger partial charge in [-0.3, -0.25) is 14.8 Å². The molecule has 0 atom stereocenters. The van der Waals surface area contributed by atoms with Crippen LogP contribution in [0.4, 0.5) is 0 Å². The summed E-state index contributed by atoms with van der Waals surface area (Å²) in [5.74, 6) is -0.383. The normalized spacial score (nSPS) is 20.1. The maximum atomic E-state index is 10.7. The van der Waals surface area contributed by atoms with Gasteiger partial charge in [-0.1, -0.05) is 17.7 Å². The molecule has 25 heavy (non-hydrogen) atoms. The van der Waals surface area contributed by atoms with Crippen molar-refractivity contribution in [3.8, 4) is 0 Å². The van der Waals surface area contributed by atoms with E-state index in [4.69, 9.17) is 20.8 Å². The van der Waals surface area contributed by atoms with Crippen LogP contribution in [0.15, 0.2) is 29.2 Å². The summed E-state index contributed by atoms with van der Waals surface area (Å²) < 4.78 is 29.6. The molecule has 1 aromatic carbocycles. The van der Waals surface area contributed by atoms with Gasteiger partial charge in [0.2, 0.25) is 0 Å². The van der Waals surface area contributed by atoms with Gasteiger partial charge in [-0.2, -0.15) is 8.42 Å². The summed E-state index contributed by atoms with van der Waals surface area (Å²) in [5.41, 5.74) is 6.12. The number of nitrogens with two attached hydrogens (primary N) is 1. The van der Waals surface area contributed by atoms with E-state index in [1.54, 1.807) is 12.1 Å². The average molecular weight is 371 g/mol. The lowest BCUT2D eigenvalue weighted by Crippen LogP contribution is -2.36. The standard InChI is InChI=1S/C9H17N3O2.C7H8O3S/c10-9(11)12-5-6-1-3-7(4-2-6)8(13)14;1-6-2-4-7(5-3-6)11(8,9)10/h6-7H,1-5H2,(H,13,14)(H4,10,11,12);2-5H,1H3,(H,8,9,10)/t6-,7-;. The number of carboxylic acids is 1. The van der Waals surface area contributed by atoms with Crippen molar-refractivity contribution >= 4 is 22.0 Å². The van der Waals surface area contributed by atoms with Crippen LogP contribution in [0, 0.1) is 24.2 Å². The van der Waals surface area contributed by atoms with Crippen molar-refractivity contribution in [2.75, 3.05) is 6.54 Å². The molecule has 0 amide bonds. The lowest BCUT2D eigenvalue weighted by atomic mass is 9.82. The van der Waals surface area contributed by atoms with Crippen LogP contribution in [0.1, 0.15) is 31.2 Å². The predicted molar refractivity (Wildman–Crippen MR) is 94.0 cm³/mol. The van der Waals surface area contributed by atoms with Gasteiger partial charge < -0.3 is 16.2 Å². The Morgan fingerprint density at radius 3 is 2.16 bits per heavy atom. The van der Waals surface area contributed by atoms with Gasteiger partial charge in [-0.15, -0.1) is 0 Å². The molecule has 0 spiro atoms. The third kappa shape index (κ3) is 7.99. The molecule has 1 aromatic rings. The maximum Gasteiger partial charge on any atom is 0.306 e. The first-order valence-electron chi connectivity index (χ1n) is 7.94. The molecule has 0 heterocycles. The largest absolute Gasteiger partial charge is 0.481 e. The molecule has 0 unspecified atom stereocenters. The summed E-state index contributed by atoms with van der Waals surface area (Å²) in [6.45, 7) is 2.54. The highest BCUT2D eigenvalue weighted by molar-refractivity contribution is 7.85. The molecule has 2 rings (SSSR count). The fourth-order valence-corrected chi connectivity index (χ4v) is 3.06. The smallest absolute Gasteiger partial charge is 0.306 e. The molecule has 0 radical (unpaired) electrons. The van der Waals surface area contributed by atoms with Crippen molar-refractivity contribution in [2.45, 2.75) is 37.5 Å². The molecule has 1 aliphatic carbocycles. The molecule has 9 heteroatoms. The number of hydrogen-bond donors (Lipinski definition) is 5. The third-order valence-electron chi connectivity index (χ3n) is 4.10. The fourth-order valence-electron chi connectivity index (χ4n) is 2.58. The zero-order valence-corrected chi connectivity index (χ0v) is 14.9. The number of guanidine groups is 1. The number of rotatable bonds is 4. The van der Waals surface area contributed by atoms with E-state index >= 15 is 0 Å². The van der Waals surface area contributed by atoms with Crippen LogP contribution in [0.2, 0.25) is 0 Å². The van der Waals surface area contributed by atoms with Gasteiger partial charge in [0.25, 0.3) is 10.1 Å². The quantitative estimate of drug-likeness (QED) is 0.306. The molecule has 1 aliphatic rings. The van der Waals surface area contributed by atoms with Crippen LogP contribution in [0.25, 0.3) is 0 Å². The van der Waals surface area contributed by atoms with Gasteiger partial charge in [0.15, 0.2) is 5.96 Å². The predicted octanol–water partition coefficient (Wildman–Crippen LogP) is 1.60. The molecule has 0 aromatic heterocycles. The third-order valence-corrected chi connectivity index (χ3v) is 4.96. The van der Waals surface area contributed by atoms with E-state index in [9.17, 15) is 13.2 Å². The van der Waals surface area contributed by atoms with Crippen molar-refractivity contribution in [3.05, 3.63) is 29.8 Å². The monoisotopic (exact) mass is 371 g/mol. The van der Waals surface area contributed by atoms with Crippen molar-refractivity contribution in [1.82, 2.24) is 5.32 Å². The second kappa shape index (κ2) is 9.38. The van der Waals surface area contributed by atoms with E-state index < -0.39 is 16.1 Å². The average Bonchev–Trinajstić information content (AvgIpc) is 2.53. The van der Waals surface area contributed by atoms with Gasteiger partial charge in [-0.25, -0.2) is 0 Å². The van der Waals surface area contributed by atoms with Crippen molar-refractivity contribution < 1.29 is 22.9 Å². The Kier molecular flexibility index (Phi) is 7.85. The Morgan fingerprint density at radius 1 is 1.24 bits per heavy atom. The van der Waals surface area contributed by atoms with Crippen LogP contribution >= 0.6 is 0 Å². The van der Waals surface area contributed by atoms with Crippen molar-refractivity contribution in [1.29, 1.82) is 5.41 Å². The Labute approximate surface area is 147 Å². The van der Waals surface area contributed by atoms with E-state index in [1.807, 2.05) is 6.92 Å². The maximum absolute atomic E-state index is 10.7. The zero-order valence-electron chi connectivity index (χ0n) is 14.1. The molecular formula is C16H25N3O5S. The van der Waals surface area contributed by atoms with Gasteiger partial charge in [0.1, 0.15) is 0 Å². The van der Waals surface area contributed by atoms with Gasteiger partial charge >= 0.3 is 5.97 Å². The molecule has 6 N–H and O–H groups in total. The molecule has 1 fully saturated rings. The van der Waals surface area contributed by atoms with Crippen molar-refractivity contribution in [3.63, 3.8) is 0 Å². The first-order valence-corrected chi connectivity index (χ1v) is 9.38. The van der Waals surface area contributed by atoms with Gasteiger partial charge in [0.05, 0.1) is 10.8 Å². The molecule has 8 nitrogen and oxygen atoms in total. The number of hydrogen-bond acceptors (Lipinski definition) is 4. The molecule has 0 aliphatic heterocycles. The summed E-state index contributed by atoms with van der Waals surface area (Å²) in [6.07, 6.45) is 3.33. The van der Waals surface area contributed by atoms with E-state index in [0.29, 0.717) is 12.5 Å². The molecule has 140 valence electrons. The minimum Gasteiger partial charge on any atom is -0.481 e. The number of carbonyl (C=O) groups is 1. The van der Waals surface area contributed by atoms with E-state index in [-0.39, 0.29) is 16.8 Å². The number of nitrogens with one attached hydrogen (secondary N) is 2. The minimum atomic E-state index is -4.02. The van der Waals surface area contributed by atoms with Crippen LogP contribution in [0.5, 0.6) is 0 Å². The van der Waals surface area contributed by atoms with Crippen LogP contribution in [0.3, 0.4) is 0 Å². The number of aryl methyl sites for hydroxylation is 1. The van der Waals surface area contributed by atoms with E-state index in [0.717, 1.165) is 31.2 Å². The first-order chi connectivity index (χ1) is 11.6. The number of benzene rings is 1. The summed E-state index contributed by atoms with van der Waals surface area (Å²) in [4.78, 5) is 10.6. The molecule has 0 bridgehead atoms. The Bertz CT molecular complexity index is 680. The summed E-state index contributed by atoms with van der Waals surface area (Å²) in [6, 6.07) is 5.99. The highest BCUT2D eigenvalue weighted by Crippen LogP contribution is 2.28. The Balaban J connectivity index is 0.000000257. The molecule has 0 saturated heterocycles.